The molecule has 96 valence electrons. The Labute approximate surface area is 113 Å². The van der Waals surface area contributed by atoms with Gasteiger partial charge >= 0.3 is 0 Å². The second-order valence-electron chi connectivity index (χ2n) is 4.04. The fourth-order valence-corrected chi connectivity index (χ4v) is 2.08. The highest BCUT2D eigenvalue weighted by Gasteiger charge is 2.11. The van der Waals surface area contributed by atoms with E-state index in [0.29, 0.717) is 18.1 Å². The van der Waals surface area contributed by atoms with E-state index in [2.05, 4.69) is 26.1 Å². The number of methoxy groups -OCH3 is 1. The van der Waals surface area contributed by atoms with Gasteiger partial charge in [-0.2, -0.15) is 4.98 Å². The average Bonchev–Trinajstić information content (AvgIpc) is 2.76. The number of aromatic nitrogens is 2. The lowest BCUT2D eigenvalue weighted by Gasteiger charge is -2.03. The van der Waals surface area contributed by atoms with E-state index < -0.39 is 0 Å². The van der Waals surface area contributed by atoms with Crippen molar-refractivity contribution in [1.29, 1.82) is 0 Å². The monoisotopic (exact) mass is 311 g/mol. The summed E-state index contributed by atoms with van der Waals surface area (Å²) in [5, 5.41) is 3.93. The Hall–Kier alpha value is -1.40. The van der Waals surface area contributed by atoms with Crippen molar-refractivity contribution in [3.05, 3.63) is 28.6 Å². The summed E-state index contributed by atoms with van der Waals surface area (Å²) in [4.78, 5) is 4.30. The van der Waals surface area contributed by atoms with Crippen LogP contribution in [0.25, 0.3) is 11.4 Å². The fraction of sp³-hybridized carbons (Fsp3) is 0.333. The Morgan fingerprint density at radius 2 is 2.28 bits per heavy atom. The third-order valence-electron chi connectivity index (χ3n) is 2.37. The number of rotatable bonds is 4. The molecular formula is C12H14BrN3O2. The molecule has 1 heterocycles. The van der Waals surface area contributed by atoms with Crippen LogP contribution in [0, 0.1) is 0 Å². The van der Waals surface area contributed by atoms with Gasteiger partial charge in [-0.1, -0.05) is 5.16 Å². The van der Waals surface area contributed by atoms with Crippen LogP contribution in [0.3, 0.4) is 0 Å². The molecule has 0 radical (unpaired) electrons. The van der Waals surface area contributed by atoms with Crippen molar-refractivity contribution in [3.63, 3.8) is 0 Å². The molecule has 1 atom stereocenters. The summed E-state index contributed by atoms with van der Waals surface area (Å²) in [5.41, 5.74) is 6.55. The molecule has 0 spiro atoms. The lowest BCUT2D eigenvalue weighted by Crippen LogP contribution is -2.17. The van der Waals surface area contributed by atoms with E-state index in [1.165, 1.54) is 0 Å². The third kappa shape index (κ3) is 2.88. The van der Waals surface area contributed by atoms with Gasteiger partial charge < -0.3 is 15.0 Å². The summed E-state index contributed by atoms with van der Waals surface area (Å²) < 4.78 is 11.2. The molecule has 1 aromatic heterocycles. The van der Waals surface area contributed by atoms with Crippen LogP contribution in [0.5, 0.6) is 5.75 Å². The van der Waals surface area contributed by atoms with Gasteiger partial charge in [-0.25, -0.2) is 0 Å². The minimum atomic E-state index is 0.000837. The second-order valence-corrected chi connectivity index (χ2v) is 4.90. The van der Waals surface area contributed by atoms with E-state index in [1.807, 2.05) is 25.1 Å². The first-order chi connectivity index (χ1) is 8.60. The van der Waals surface area contributed by atoms with Crippen LogP contribution >= 0.6 is 15.9 Å². The molecule has 0 aliphatic carbocycles. The highest BCUT2D eigenvalue weighted by Crippen LogP contribution is 2.29. The zero-order valence-electron chi connectivity index (χ0n) is 10.2. The molecule has 1 aromatic carbocycles. The maximum atomic E-state index is 5.68. The number of halogens is 1. The van der Waals surface area contributed by atoms with Gasteiger partial charge in [-0.3, -0.25) is 0 Å². The molecule has 0 amide bonds. The first-order valence-electron chi connectivity index (χ1n) is 5.52. The van der Waals surface area contributed by atoms with Gasteiger partial charge in [0.1, 0.15) is 5.75 Å². The first kappa shape index (κ1) is 13.0. The number of nitrogens with two attached hydrogens (primary N) is 1. The smallest absolute Gasteiger partial charge is 0.228 e. The van der Waals surface area contributed by atoms with E-state index >= 15 is 0 Å². The quantitative estimate of drug-likeness (QED) is 0.938. The number of benzene rings is 1. The van der Waals surface area contributed by atoms with Crippen molar-refractivity contribution < 1.29 is 9.26 Å². The standard InChI is InChI=1S/C12H14BrN3O2/c1-7(14)5-11-15-12(16-18-11)8-3-4-10(17-2)9(13)6-8/h3-4,6-7H,5,14H2,1-2H3. The van der Waals surface area contributed by atoms with E-state index in [9.17, 15) is 0 Å². The van der Waals surface area contributed by atoms with Gasteiger partial charge in [-0.15, -0.1) is 0 Å². The molecule has 0 saturated heterocycles. The molecule has 1 unspecified atom stereocenters. The van der Waals surface area contributed by atoms with Crippen LogP contribution in [0.15, 0.2) is 27.2 Å². The summed E-state index contributed by atoms with van der Waals surface area (Å²) in [6.07, 6.45) is 0.574. The topological polar surface area (TPSA) is 74.2 Å². The zero-order valence-corrected chi connectivity index (χ0v) is 11.8. The van der Waals surface area contributed by atoms with Crippen molar-refractivity contribution in [1.82, 2.24) is 10.1 Å². The molecule has 0 bridgehead atoms. The van der Waals surface area contributed by atoms with Crippen LogP contribution in [0.1, 0.15) is 12.8 Å². The van der Waals surface area contributed by atoms with Crippen molar-refractivity contribution >= 4 is 15.9 Å². The Morgan fingerprint density at radius 1 is 1.50 bits per heavy atom. The fourth-order valence-electron chi connectivity index (χ4n) is 1.54. The van der Waals surface area contributed by atoms with Gasteiger partial charge in [0.15, 0.2) is 0 Å². The molecule has 2 rings (SSSR count). The molecule has 0 fully saturated rings. The van der Waals surface area contributed by atoms with Crippen molar-refractivity contribution in [2.75, 3.05) is 7.11 Å². The molecule has 2 N–H and O–H groups in total. The molecule has 2 aromatic rings. The molecule has 0 aliphatic rings. The molecule has 6 heteroatoms. The Kier molecular flexibility index (Phi) is 3.98. The Morgan fingerprint density at radius 3 is 2.89 bits per heavy atom. The maximum absolute atomic E-state index is 5.68. The normalized spacial score (nSPS) is 12.4. The minimum Gasteiger partial charge on any atom is -0.496 e. The number of hydrogen-bond acceptors (Lipinski definition) is 5. The predicted molar refractivity (Wildman–Crippen MR) is 71.3 cm³/mol. The maximum Gasteiger partial charge on any atom is 0.228 e. The highest BCUT2D eigenvalue weighted by molar-refractivity contribution is 9.10. The van der Waals surface area contributed by atoms with Gasteiger partial charge in [0.2, 0.25) is 11.7 Å². The van der Waals surface area contributed by atoms with Gasteiger partial charge in [-0.05, 0) is 41.1 Å². The second kappa shape index (κ2) is 5.49. The lowest BCUT2D eigenvalue weighted by atomic mass is 10.2. The molecule has 0 aliphatic heterocycles. The predicted octanol–water partition coefficient (Wildman–Crippen LogP) is 2.40. The SMILES string of the molecule is COc1ccc(-c2noc(CC(C)N)n2)cc1Br. The largest absolute Gasteiger partial charge is 0.496 e. The summed E-state index contributed by atoms with van der Waals surface area (Å²) >= 11 is 3.42. The van der Waals surface area contributed by atoms with Crippen LogP contribution in [0.2, 0.25) is 0 Å². The summed E-state index contributed by atoms with van der Waals surface area (Å²) in [7, 11) is 1.62. The summed E-state index contributed by atoms with van der Waals surface area (Å²) in [6, 6.07) is 5.62. The van der Waals surface area contributed by atoms with E-state index in [0.717, 1.165) is 15.8 Å². The van der Waals surface area contributed by atoms with E-state index in [1.54, 1.807) is 7.11 Å². The Balaban J connectivity index is 2.26. The van der Waals surface area contributed by atoms with Crippen LogP contribution < -0.4 is 10.5 Å². The summed E-state index contributed by atoms with van der Waals surface area (Å²) in [5.74, 6) is 1.86. The zero-order chi connectivity index (χ0) is 13.1. The molecule has 0 saturated carbocycles. The van der Waals surface area contributed by atoms with Crippen molar-refractivity contribution in [2.24, 2.45) is 5.73 Å². The van der Waals surface area contributed by atoms with Crippen LogP contribution in [-0.4, -0.2) is 23.3 Å². The molecular weight excluding hydrogens is 298 g/mol. The number of ether oxygens (including phenoxy) is 1. The third-order valence-corrected chi connectivity index (χ3v) is 2.99. The van der Waals surface area contributed by atoms with Gasteiger partial charge in [0.05, 0.1) is 11.6 Å². The van der Waals surface area contributed by atoms with Crippen molar-refractivity contribution in [3.8, 4) is 17.1 Å². The lowest BCUT2D eigenvalue weighted by molar-refractivity contribution is 0.372. The summed E-state index contributed by atoms with van der Waals surface area (Å²) in [6.45, 7) is 1.90. The van der Waals surface area contributed by atoms with Crippen LogP contribution in [-0.2, 0) is 6.42 Å². The van der Waals surface area contributed by atoms with Crippen molar-refractivity contribution in [2.45, 2.75) is 19.4 Å². The van der Waals surface area contributed by atoms with Gasteiger partial charge in [0, 0.05) is 18.0 Å². The average molecular weight is 312 g/mol. The number of hydrogen-bond donors (Lipinski definition) is 1. The molecule has 5 nitrogen and oxygen atoms in total. The Bertz CT molecular complexity index is 540. The molecule has 18 heavy (non-hydrogen) atoms. The van der Waals surface area contributed by atoms with Gasteiger partial charge in [0.25, 0.3) is 0 Å². The number of nitrogens with zero attached hydrogens (tertiary/aromatic N) is 2. The minimum absolute atomic E-state index is 0.000837. The first-order valence-corrected chi connectivity index (χ1v) is 6.31. The highest BCUT2D eigenvalue weighted by atomic mass is 79.9. The van der Waals surface area contributed by atoms with E-state index in [4.69, 9.17) is 15.0 Å². The van der Waals surface area contributed by atoms with Crippen LogP contribution in [0.4, 0.5) is 0 Å². The van der Waals surface area contributed by atoms with E-state index in [-0.39, 0.29) is 6.04 Å².